The van der Waals surface area contributed by atoms with E-state index < -0.39 is 6.10 Å². The quantitative estimate of drug-likeness (QED) is 0.720. The lowest BCUT2D eigenvalue weighted by Crippen LogP contribution is -2.42. The van der Waals surface area contributed by atoms with Crippen molar-refractivity contribution < 1.29 is 19.1 Å². The fraction of sp³-hybridized carbons (Fsp3) is 0.867. The topological polar surface area (TPSA) is 85.1 Å². The first-order chi connectivity index (χ1) is 10.6. The molecule has 22 heavy (non-hydrogen) atoms. The summed E-state index contributed by atoms with van der Waals surface area (Å²) in [4.78, 5) is 27.2. The van der Waals surface area contributed by atoms with Crippen LogP contribution in [0.2, 0.25) is 0 Å². The number of hydrogen-bond acceptors (Lipinski definition) is 5. The summed E-state index contributed by atoms with van der Waals surface area (Å²) in [6.45, 7) is 6.09. The summed E-state index contributed by atoms with van der Waals surface area (Å²) in [5.41, 5.74) is 5.22. The minimum atomic E-state index is -0.452. The maximum Gasteiger partial charge on any atom is 0.251 e. The molecule has 0 aromatic carbocycles. The van der Waals surface area contributed by atoms with E-state index in [1.165, 1.54) is 0 Å². The predicted octanol–water partition coefficient (Wildman–Crippen LogP) is -0.410. The summed E-state index contributed by atoms with van der Waals surface area (Å²) in [6, 6.07) is 0. The molecule has 2 aliphatic heterocycles. The van der Waals surface area contributed by atoms with Gasteiger partial charge < -0.3 is 20.1 Å². The van der Waals surface area contributed by atoms with Gasteiger partial charge in [-0.25, -0.2) is 0 Å². The summed E-state index contributed by atoms with van der Waals surface area (Å²) in [7, 11) is 0. The summed E-state index contributed by atoms with van der Waals surface area (Å²) >= 11 is 0. The molecule has 0 aromatic rings. The Morgan fingerprint density at radius 1 is 1.27 bits per heavy atom. The molecular weight excluding hydrogens is 286 g/mol. The van der Waals surface area contributed by atoms with Crippen LogP contribution in [0.3, 0.4) is 0 Å². The Morgan fingerprint density at radius 3 is 2.77 bits per heavy atom. The molecule has 2 heterocycles. The number of carbonyl (C=O) groups excluding carboxylic acids is 2. The maximum absolute atomic E-state index is 12.4. The number of nitrogens with zero attached hydrogens (tertiary/aromatic N) is 2. The van der Waals surface area contributed by atoms with Crippen molar-refractivity contribution in [2.45, 2.75) is 38.4 Å². The van der Waals surface area contributed by atoms with Gasteiger partial charge >= 0.3 is 0 Å². The molecule has 2 N–H and O–H groups in total. The maximum atomic E-state index is 12.4. The van der Waals surface area contributed by atoms with Gasteiger partial charge in [-0.3, -0.25) is 14.5 Å². The highest BCUT2D eigenvalue weighted by Gasteiger charge is 2.25. The Morgan fingerprint density at radius 2 is 2.09 bits per heavy atom. The Labute approximate surface area is 131 Å². The first-order valence-corrected chi connectivity index (χ1v) is 8.09. The molecule has 0 aromatic heterocycles. The molecule has 2 unspecified atom stereocenters. The van der Waals surface area contributed by atoms with Crippen LogP contribution in [0.15, 0.2) is 0 Å². The molecule has 2 amide bonds. The number of ether oxygens (including phenoxy) is 2. The van der Waals surface area contributed by atoms with Gasteiger partial charge in [0.25, 0.3) is 5.91 Å². The van der Waals surface area contributed by atoms with E-state index in [0.29, 0.717) is 26.2 Å². The van der Waals surface area contributed by atoms with Gasteiger partial charge in [-0.2, -0.15) is 0 Å². The van der Waals surface area contributed by atoms with E-state index in [9.17, 15) is 9.59 Å². The van der Waals surface area contributed by atoms with Gasteiger partial charge in [0, 0.05) is 32.8 Å². The van der Waals surface area contributed by atoms with Crippen molar-refractivity contribution in [1.29, 1.82) is 0 Å². The smallest absolute Gasteiger partial charge is 0.251 e. The minimum Gasteiger partial charge on any atom is -0.376 e. The first-order valence-electron chi connectivity index (χ1n) is 8.09. The predicted molar refractivity (Wildman–Crippen MR) is 81.2 cm³/mol. The number of hydrogen-bond donors (Lipinski definition) is 1. The van der Waals surface area contributed by atoms with Crippen LogP contribution in [-0.2, 0) is 19.1 Å². The van der Waals surface area contributed by atoms with E-state index in [1.807, 2.05) is 9.80 Å². The van der Waals surface area contributed by atoms with Gasteiger partial charge in [0.05, 0.1) is 19.3 Å². The highest BCUT2D eigenvalue weighted by molar-refractivity contribution is 5.80. The molecule has 7 heteroatoms. The second kappa shape index (κ2) is 8.45. The second-order valence-corrected chi connectivity index (χ2v) is 6.03. The standard InChI is InChI=1S/C15H27N3O4/c1-12(22-11-13-4-2-9-21-13)15(20)18-6-3-5-17(7-8-18)10-14(16)19/h12-13H,2-11H2,1H3,(H2,16,19). The lowest BCUT2D eigenvalue weighted by atomic mass is 10.2. The second-order valence-electron chi connectivity index (χ2n) is 6.03. The number of carbonyl (C=O) groups is 2. The molecule has 126 valence electrons. The van der Waals surface area contributed by atoms with Crippen molar-refractivity contribution in [2.24, 2.45) is 5.73 Å². The van der Waals surface area contributed by atoms with Crippen molar-refractivity contribution in [2.75, 3.05) is 45.9 Å². The molecule has 2 saturated heterocycles. The van der Waals surface area contributed by atoms with Crippen LogP contribution in [0.25, 0.3) is 0 Å². The highest BCUT2D eigenvalue weighted by Crippen LogP contribution is 2.13. The number of amides is 2. The molecule has 0 saturated carbocycles. The molecule has 0 spiro atoms. The third-order valence-corrected chi connectivity index (χ3v) is 4.18. The summed E-state index contributed by atoms with van der Waals surface area (Å²) < 4.78 is 11.2. The summed E-state index contributed by atoms with van der Waals surface area (Å²) in [5.74, 6) is -0.313. The monoisotopic (exact) mass is 313 g/mol. The molecule has 2 rings (SSSR count). The number of primary amides is 1. The molecular formula is C15H27N3O4. The Hall–Kier alpha value is -1.18. The van der Waals surface area contributed by atoms with Crippen LogP contribution in [0, 0.1) is 0 Å². The first kappa shape index (κ1) is 17.2. The summed E-state index contributed by atoms with van der Waals surface area (Å²) in [5, 5.41) is 0. The van der Waals surface area contributed by atoms with E-state index >= 15 is 0 Å². The van der Waals surface area contributed by atoms with E-state index in [4.69, 9.17) is 15.2 Å². The summed E-state index contributed by atoms with van der Waals surface area (Å²) in [6.07, 6.45) is 2.60. The van der Waals surface area contributed by atoms with Crippen LogP contribution in [0.1, 0.15) is 26.2 Å². The van der Waals surface area contributed by atoms with E-state index in [0.717, 1.165) is 32.4 Å². The van der Waals surface area contributed by atoms with Gasteiger partial charge in [0.15, 0.2) is 0 Å². The third kappa shape index (κ3) is 5.23. The normalized spacial score (nSPS) is 25.0. The van der Waals surface area contributed by atoms with Crippen LogP contribution in [0.5, 0.6) is 0 Å². The highest BCUT2D eigenvalue weighted by atomic mass is 16.5. The zero-order chi connectivity index (χ0) is 15.9. The van der Waals surface area contributed by atoms with Crippen molar-refractivity contribution in [3.63, 3.8) is 0 Å². The van der Waals surface area contributed by atoms with Crippen LogP contribution in [-0.4, -0.2) is 79.8 Å². The lowest BCUT2D eigenvalue weighted by Gasteiger charge is -2.25. The van der Waals surface area contributed by atoms with E-state index in [1.54, 1.807) is 6.92 Å². The van der Waals surface area contributed by atoms with Crippen molar-refractivity contribution in [3.05, 3.63) is 0 Å². The van der Waals surface area contributed by atoms with Gasteiger partial charge in [0.1, 0.15) is 6.10 Å². The van der Waals surface area contributed by atoms with Crippen LogP contribution in [0.4, 0.5) is 0 Å². The Balaban J connectivity index is 1.74. The zero-order valence-electron chi connectivity index (χ0n) is 13.3. The molecule has 2 aliphatic rings. The van der Waals surface area contributed by atoms with Crippen molar-refractivity contribution >= 4 is 11.8 Å². The zero-order valence-corrected chi connectivity index (χ0v) is 13.3. The number of rotatable bonds is 6. The Bertz CT molecular complexity index is 385. The lowest BCUT2D eigenvalue weighted by molar-refractivity contribution is -0.144. The minimum absolute atomic E-state index is 0.0129. The molecule has 7 nitrogen and oxygen atoms in total. The van der Waals surface area contributed by atoms with Crippen molar-refractivity contribution in [1.82, 2.24) is 9.80 Å². The van der Waals surface area contributed by atoms with Gasteiger partial charge in [0.2, 0.25) is 5.91 Å². The molecule has 0 aliphatic carbocycles. The molecule has 2 fully saturated rings. The van der Waals surface area contributed by atoms with E-state index in [-0.39, 0.29) is 24.5 Å². The molecule has 0 radical (unpaired) electrons. The average molecular weight is 313 g/mol. The van der Waals surface area contributed by atoms with Crippen LogP contribution < -0.4 is 5.73 Å². The van der Waals surface area contributed by atoms with Gasteiger partial charge in [-0.1, -0.05) is 0 Å². The molecule has 2 atom stereocenters. The SMILES string of the molecule is CC(OCC1CCCO1)C(=O)N1CCCN(CC(N)=O)CC1. The average Bonchev–Trinajstić information content (AvgIpc) is 2.90. The van der Waals surface area contributed by atoms with Gasteiger partial charge in [-0.15, -0.1) is 0 Å². The van der Waals surface area contributed by atoms with Crippen LogP contribution >= 0.6 is 0 Å². The largest absolute Gasteiger partial charge is 0.376 e. The number of nitrogens with two attached hydrogens (primary N) is 1. The Kier molecular flexibility index (Phi) is 6.60. The van der Waals surface area contributed by atoms with Gasteiger partial charge in [-0.05, 0) is 26.2 Å². The fourth-order valence-electron chi connectivity index (χ4n) is 2.93. The van der Waals surface area contributed by atoms with E-state index in [2.05, 4.69) is 0 Å². The third-order valence-electron chi connectivity index (χ3n) is 4.18. The fourth-order valence-corrected chi connectivity index (χ4v) is 2.93. The molecule has 0 bridgehead atoms. The van der Waals surface area contributed by atoms with Crippen molar-refractivity contribution in [3.8, 4) is 0 Å².